The second-order valence-electron chi connectivity index (χ2n) is 3.61. The monoisotopic (exact) mass is 242 g/mol. The summed E-state index contributed by atoms with van der Waals surface area (Å²) in [6, 6.07) is 2.51. The van der Waals surface area contributed by atoms with Crippen LogP contribution in [-0.2, 0) is 6.54 Å². The lowest BCUT2D eigenvalue weighted by atomic mass is 10.2. The minimum absolute atomic E-state index is 0.339. The molecule has 15 heavy (non-hydrogen) atoms. The summed E-state index contributed by atoms with van der Waals surface area (Å²) in [4.78, 5) is 12.1. The third-order valence-corrected chi connectivity index (χ3v) is 4.53. The van der Waals surface area contributed by atoms with Gasteiger partial charge in [0.15, 0.2) is 0 Å². The van der Waals surface area contributed by atoms with Crippen molar-refractivity contribution in [2.75, 3.05) is 11.5 Å². The van der Waals surface area contributed by atoms with Gasteiger partial charge < -0.3 is 11.1 Å². The van der Waals surface area contributed by atoms with Gasteiger partial charge in [-0.15, -0.1) is 11.3 Å². The molecule has 1 saturated heterocycles. The number of nitrogens with one attached hydrogen (secondary N) is 1. The lowest BCUT2D eigenvalue weighted by Crippen LogP contribution is -2.27. The minimum atomic E-state index is -0.339. The van der Waals surface area contributed by atoms with Gasteiger partial charge in [0.05, 0.1) is 5.56 Å². The van der Waals surface area contributed by atoms with Gasteiger partial charge in [0, 0.05) is 28.6 Å². The van der Waals surface area contributed by atoms with Crippen molar-refractivity contribution in [2.24, 2.45) is 5.73 Å². The molecule has 2 heterocycles. The van der Waals surface area contributed by atoms with Gasteiger partial charge in [-0.2, -0.15) is 11.8 Å². The Morgan fingerprint density at radius 2 is 2.53 bits per heavy atom. The molecule has 3 N–H and O–H groups in total. The Morgan fingerprint density at radius 3 is 3.13 bits per heavy atom. The van der Waals surface area contributed by atoms with Crippen molar-refractivity contribution in [1.82, 2.24) is 5.32 Å². The molecule has 82 valence electrons. The van der Waals surface area contributed by atoms with E-state index in [4.69, 9.17) is 5.73 Å². The number of carbonyl (C=O) groups is 1. The first-order valence-electron chi connectivity index (χ1n) is 4.94. The van der Waals surface area contributed by atoms with Gasteiger partial charge in [0.25, 0.3) is 0 Å². The van der Waals surface area contributed by atoms with Crippen molar-refractivity contribution in [1.29, 1.82) is 0 Å². The van der Waals surface area contributed by atoms with Gasteiger partial charge >= 0.3 is 0 Å². The van der Waals surface area contributed by atoms with E-state index in [0.717, 1.165) is 6.54 Å². The van der Waals surface area contributed by atoms with Crippen LogP contribution in [0.1, 0.15) is 21.7 Å². The van der Waals surface area contributed by atoms with E-state index in [1.54, 1.807) is 11.3 Å². The van der Waals surface area contributed by atoms with E-state index >= 15 is 0 Å². The third kappa shape index (κ3) is 2.96. The van der Waals surface area contributed by atoms with Gasteiger partial charge in [0.2, 0.25) is 5.91 Å². The van der Waals surface area contributed by atoms with Crippen molar-refractivity contribution in [3.8, 4) is 0 Å². The van der Waals surface area contributed by atoms with Crippen LogP contribution in [0, 0.1) is 0 Å². The molecule has 1 atom stereocenters. The fourth-order valence-electron chi connectivity index (χ4n) is 1.54. The fraction of sp³-hybridized carbons (Fsp3) is 0.500. The number of amides is 1. The largest absolute Gasteiger partial charge is 0.366 e. The summed E-state index contributed by atoms with van der Waals surface area (Å²) in [6.45, 7) is 0.850. The molecule has 1 amide bonds. The Kier molecular flexibility index (Phi) is 3.66. The van der Waals surface area contributed by atoms with E-state index in [2.05, 4.69) is 5.32 Å². The van der Waals surface area contributed by atoms with Crippen LogP contribution >= 0.6 is 23.1 Å². The standard InChI is InChI=1S/C10H14N2OS2/c11-10(13)7-3-9(15-5-7)4-12-8-1-2-14-6-8/h3,5,8,12H,1-2,4,6H2,(H2,11,13). The maximum Gasteiger partial charge on any atom is 0.249 e. The normalized spacial score (nSPS) is 20.7. The second-order valence-corrected chi connectivity index (χ2v) is 5.75. The highest BCUT2D eigenvalue weighted by Gasteiger charge is 2.14. The van der Waals surface area contributed by atoms with Crippen molar-refractivity contribution in [2.45, 2.75) is 19.0 Å². The number of thioether (sulfide) groups is 1. The number of carbonyl (C=O) groups excluding carboxylic acids is 1. The average Bonchev–Trinajstić information content (AvgIpc) is 2.86. The molecular formula is C10H14N2OS2. The number of nitrogens with two attached hydrogens (primary N) is 1. The van der Waals surface area contributed by atoms with Gasteiger partial charge in [-0.25, -0.2) is 0 Å². The summed E-state index contributed by atoms with van der Waals surface area (Å²) < 4.78 is 0. The number of primary amides is 1. The van der Waals surface area contributed by atoms with Crippen LogP contribution in [0.4, 0.5) is 0 Å². The van der Waals surface area contributed by atoms with Crippen LogP contribution in [0.15, 0.2) is 11.4 Å². The molecule has 1 aliphatic rings. The zero-order valence-corrected chi connectivity index (χ0v) is 10.00. The molecule has 5 heteroatoms. The van der Waals surface area contributed by atoms with Gasteiger partial charge in [-0.05, 0) is 18.2 Å². The summed E-state index contributed by atoms with van der Waals surface area (Å²) in [5.41, 5.74) is 5.81. The maximum absolute atomic E-state index is 10.9. The Hall–Kier alpha value is -0.520. The summed E-state index contributed by atoms with van der Waals surface area (Å²) in [6.07, 6.45) is 1.25. The highest BCUT2D eigenvalue weighted by atomic mass is 32.2. The summed E-state index contributed by atoms with van der Waals surface area (Å²) >= 11 is 3.59. The highest BCUT2D eigenvalue weighted by molar-refractivity contribution is 7.99. The number of thiophene rings is 1. The Bertz CT molecular complexity index is 345. The summed E-state index contributed by atoms with van der Waals surface area (Å²) in [5.74, 6) is 2.12. The molecule has 2 rings (SSSR count). The van der Waals surface area contributed by atoms with Crippen molar-refractivity contribution in [3.05, 3.63) is 21.9 Å². The Morgan fingerprint density at radius 1 is 1.67 bits per heavy atom. The van der Waals surface area contributed by atoms with Crippen LogP contribution in [0.2, 0.25) is 0 Å². The molecule has 1 unspecified atom stereocenters. The number of hydrogen-bond acceptors (Lipinski definition) is 4. The molecule has 0 spiro atoms. The molecule has 1 fully saturated rings. The van der Waals surface area contributed by atoms with E-state index in [1.807, 2.05) is 23.2 Å². The molecule has 0 aromatic carbocycles. The predicted molar refractivity (Wildman–Crippen MR) is 65.4 cm³/mol. The quantitative estimate of drug-likeness (QED) is 0.840. The van der Waals surface area contributed by atoms with E-state index < -0.39 is 0 Å². The third-order valence-electron chi connectivity index (χ3n) is 2.43. The van der Waals surface area contributed by atoms with Gasteiger partial charge in [0.1, 0.15) is 0 Å². The smallest absolute Gasteiger partial charge is 0.249 e. The van der Waals surface area contributed by atoms with E-state index in [9.17, 15) is 4.79 Å². The molecule has 0 aliphatic carbocycles. The van der Waals surface area contributed by atoms with Crippen LogP contribution in [-0.4, -0.2) is 23.5 Å². The first kappa shape index (κ1) is 11.0. The molecular weight excluding hydrogens is 228 g/mol. The van der Waals surface area contributed by atoms with Gasteiger partial charge in [-0.1, -0.05) is 0 Å². The average molecular weight is 242 g/mol. The summed E-state index contributed by atoms with van der Waals surface area (Å²) in [5, 5.41) is 5.31. The number of hydrogen-bond donors (Lipinski definition) is 2. The first-order chi connectivity index (χ1) is 7.25. The van der Waals surface area contributed by atoms with Crippen LogP contribution < -0.4 is 11.1 Å². The zero-order chi connectivity index (χ0) is 10.7. The molecule has 1 aromatic rings. The van der Waals surface area contributed by atoms with Crippen molar-refractivity contribution < 1.29 is 4.79 Å². The zero-order valence-electron chi connectivity index (χ0n) is 8.36. The van der Waals surface area contributed by atoms with Crippen LogP contribution in [0.3, 0.4) is 0 Å². The SMILES string of the molecule is NC(=O)c1csc(CNC2CCSC2)c1. The molecule has 1 aliphatic heterocycles. The Labute approximate surface area is 97.4 Å². The molecule has 1 aromatic heterocycles. The van der Waals surface area contributed by atoms with Crippen molar-refractivity contribution in [3.63, 3.8) is 0 Å². The molecule has 0 bridgehead atoms. The highest BCUT2D eigenvalue weighted by Crippen LogP contribution is 2.19. The second kappa shape index (κ2) is 5.01. The minimum Gasteiger partial charge on any atom is -0.366 e. The predicted octanol–water partition coefficient (Wildman–Crippen LogP) is 1.44. The maximum atomic E-state index is 10.9. The molecule has 0 saturated carbocycles. The summed E-state index contributed by atoms with van der Waals surface area (Å²) in [7, 11) is 0. The molecule has 0 radical (unpaired) electrons. The first-order valence-corrected chi connectivity index (χ1v) is 6.97. The molecule has 3 nitrogen and oxygen atoms in total. The van der Waals surface area contributed by atoms with E-state index in [-0.39, 0.29) is 5.91 Å². The van der Waals surface area contributed by atoms with Crippen LogP contribution in [0.5, 0.6) is 0 Å². The van der Waals surface area contributed by atoms with E-state index in [0.29, 0.717) is 11.6 Å². The lowest BCUT2D eigenvalue weighted by Gasteiger charge is -2.09. The lowest BCUT2D eigenvalue weighted by molar-refractivity contribution is 0.100. The Balaban J connectivity index is 1.84. The fourth-order valence-corrected chi connectivity index (χ4v) is 3.55. The topological polar surface area (TPSA) is 55.1 Å². The number of rotatable bonds is 4. The van der Waals surface area contributed by atoms with Gasteiger partial charge in [-0.3, -0.25) is 4.79 Å². The van der Waals surface area contributed by atoms with Crippen LogP contribution in [0.25, 0.3) is 0 Å². The van der Waals surface area contributed by atoms with Crippen molar-refractivity contribution >= 4 is 29.0 Å². The van der Waals surface area contributed by atoms with E-state index in [1.165, 1.54) is 22.8 Å².